The van der Waals surface area contributed by atoms with Gasteiger partial charge in [0.2, 0.25) is 0 Å². The number of carbonyl (C=O) groups is 1. The molecule has 1 unspecified atom stereocenters. The summed E-state index contributed by atoms with van der Waals surface area (Å²) in [5.74, 6) is -0.208. The van der Waals surface area contributed by atoms with E-state index in [-0.39, 0.29) is 5.97 Å². The molecule has 1 aromatic rings. The Morgan fingerprint density at radius 1 is 1.30 bits per heavy atom. The summed E-state index contributed by atoms with van der Waals surface area (Å²) in [7, 11) is 1.99. The number of rotatable bonds is 7. The van der Waals surface area contributed by atoms with Gasteiger partial charge in [-0.15, -0.1) is 0 Å². The smallest absolute Gasteiger partial charge is 0.327 e. The maximum atomic E-state index is 12.2. The molecule has 20 heavy (non-hydrogen) atoms. The lowest BCUT2D eigenvalue weighted by atomic mass is 10.0. The van der Waals surface area contributed by atoms with Gasteiger partial charge in [-0.3, -0.25) is 0 Å². The summed E-state index contributed by atoms with van der Waals surface area (Å²) in [6.45, 7) is 9.44. The first-order chi connectivity index (χ1) is 9.42. The Labute approximate surface area is 122 Å². The lowest BCUT2D eigenvalue weighted by Gasteiger charge is -2.33. The maximum absolute atomic E-state index is 12.2. The summed E-state index contributed by atoms with van der Waals surface area (Å²) in [6, 6.07) is 8.27. The number of ether oxygens (including phenoxy) is 1. The number of aryl methyl sites for hydroxylation is 1. The van der Waals surface area contributed by atoms with Crippen molar-refractivity contribution in [1.82, 2.24) is 5.32 Å². The molecule has 0 saturated heterocycles. The number of nitrogens with one attached hydrogen (secondary N) is 1. The predicted molar refractivity (Wildman–Crippen MR) is 83.2 cm³/mol. The van der Waals surface area contributed by atoms with Crippen molar-refractivity contribution >= 4 is 11.7 Å². The van der Waals surface area contributed by atoms with Crippen molar-refractivity contribution in [1.29, 1.82) is 0 Å². The monoisotopic (exact) mass is 278 g/mol. The lowest BCUT2D eigenvalue weighted by Crippen LogP contribution is -2.57. The fraction of sp³-hybridized carbons (Fsp3) is 0.562. The molecule has 0 aromatic heterocycles. The van der Waals surface area contributed by atoms with E-state index in [1.54, 1.807) is 0 Å². The van der Waals surface area contributed by atoms with Crippen LogP contribution in [0.25, 0.3) is 0 Å². The third kappa shape index (κ3) is 4.23. The highest BCUT2D eigenvalue weighted by molar-refractivity contribution is 5.81. The third-order valence-corrected chi connectivity index (χ3v) is 3.32. The molecule has 0 saturated carbocycles. The minimum atomic E-state index is -0.704. The van der Waals surface area contributed by atoms with Crippen LogP contribution in [0.3, 0.4) is 0 Å². The first-order valence-electron chi connectivity index (χ1n) is 7.13. The maximum Gasteiger partial charge on any atom is 0.327 e. The number of carbonyl (C=O) groups excluding carboxylic acids is 1. The van der Waals surface area contributed by atoms with Crippen LogP contribution in [0, 0.1) is 6.92 Å². The molecule has 0 heterocycles. The van der Waals surface area contributed by atoms with Gasteiger partial charge in [-0.2, -0.15) is 0 Å². The summed E-state index contributed by atoms with van der Waals surface area (Å²) in [4.78, 5) is 14.2. The molecular formula is C16H26N2O2. The number of anilines is 1. The molecule has 0 amide bonds. The number of esters is 1. The molecule has 0 aliphatic rings. The molecule has 0 aliphatic carbocycles. The van der Waals surface area contributed by atoms with E-state index in [1.807, 2.05) is 27.8 Å². The van der Waals surface area contributed by atoms with Crippen LogP contribution in [0.1, 0.15) is 26.3 Å². The zero-order valence-corrected chi connectivity index (χ0v) is 13.2. The number of hydrogen-bond donors (Lipinski definition) is 1. The van der Waals surface area contributed by atoms with Gasteiger partial charge < -0.3 is 15.0 Å². The molecule has 1 N–H and O–H groups in total. The van der Waals surface area contributed by atoms with Gasteiger partial charge in [0.15, 0.2) is 0 Å². The minimum absolute atomic E-state index is 0.208. The van der Waals surface area contributed by atoms with Crippen molar-refractivity contribution in [3.05, 3.63) is 29.8 Å². The normalized spacial score (nSPS) is 13.7. The average Bonchev–Trinajstić information content (AvgIpc) is 2.39. The molecule has 0 bridgehead atoms. The predicted octanol–water partition coefficient (Wildman–Crippen LogP) is 2.36. The van der Waals surface area contributed by atoms with E-state index in [0.29, 0.717) is 13.2 Å². The van der Waals surface area contributed by atoms with E-state index in [4.69, 9.17) is 4.74 Å². The first kappa shape index (κ1) is 16.5. The van der Waals surface area contributed by atoms with Crippen LogP contribution < -0.4 is 10.2 Å². The summed E-state index contributed by atoms with van der Waals surface area (Å²) in [5, 5.41) is 3.24. The van der Waals surface area contributed by atoms with Gasteiger partial charge in [0.1, 0.15) is 5.54 Å². The largest absolute Gasteiger partial charge is 0.465 e. The summed E-state index contributed by atoms with van der Waals surface area (Å²) >= 11 is 0. The standard InChI is InChI=1S/C16H26N2O2/c1-6-17-16(4,15(19)20-7-2)12-18(5)14-10-8-13(3)9-11-14/h8-11,17H,6-7,12H2,1-5H3. The molecule has 112 valence electrons. The van der Waals surface area contributed by atoms with E-state index < -0.39 is 5.54 Å². The Hall–Kier alpha value is -1.55. The van der Waals surface area contributed by atoms with E-state index >= 15 is 0 Å². The summed E-state index contributed by atoms with van der Waals surface area (Å²) in [6.07, 6.45) is 0. The lowest BCUT2D eigenvalue weighted by molar-refractivity contribution is -0.150. The third-order valence-electron chi connectivity index (χ3n) is 3.32. The molecule has 0 spiro atoms. The van der Waals surface area contributed by atoms with Gasteiger partial charge in [0.05, 0.1) is 6.61 Å². The van der Waals surface area contributed by atoms with Crippen molar-refractivity contribution in [2.24, 2.45) is 0 Å². The Morgan fingerprint density at radius 3 is 2.40 bits per heavy atom. The molecule has 4 heteroatoms. The zero-order chi connectivity index (χ0) is 15.2. The highest BCUT2D eigenvalue weighted by atomic mass is 16.5. The quantitative estimate of drug-likeness (QED) is 0.778. The van der Waals surface area contributed by atoms with Gasteiger partial charge in [0, 0.05) is 19.3 Å². The van der Waals surface area contributed by atoms with E-state index in [2.05, 4.69) is 41.4 Å². The Balaban J connectivity index is 2.83. The number of benzene rings is 1. The Bertz CT molecular complexity index is 431. The molecule has 4 nitrogen and oxygen atoms in total. The summed E-state index contributed by atoms with van der Waals surface area (Å²) < 4.78 is 5.19. The fourth-order valence-corrected chi connectivity index (χ4v) is 2.24. The Morgan fingerprint density at radius 2 is 1.90 bits per heavy atom. The van der Waals surface area contributed by atoms with Crippen molar-refractivity contribution in [2.45, 2.75) is 33.2 Å². The van der Waals surface area contributed by atoms with Crippen molar-refractivity contribution in [3.63, 3.8) is 0 Å². The molecular weight excluding hydrogens is 252 g/mol. The number of nitrogens with zero attached hydrogens (tertiary/aromatic N) is 1. The molecule has 0 radical (unpaired) electrons. The van der Waals surface area contributed by atoms with Crippen LogP contribution in [-0.2, 0) is 9.53 Å². The SMILES string of the molecule is CCNC(C)(CN(C)c1ccc(C)cc1)C(=O)OCC. The van der Waals surface area contributed by atoms with Crippen molar-refractivity contribution in [3.8, 4) is 0 Å². The molecule has 1 rings (SSSR count). The zero-order valence-electron chi connectivity index (χ0n) is 13.2. The van der Waals surface area contributed by atoms with E-state index in [0.717, 1.165) is 12.2 Å². The topological polar surface area (TPSA) is 41.6 Å². The highest BCUT2D eigenvalue weighted by Gasteiger charge is 2.35. The van der Waals surface area contributed by atoms with Crippen LogP contribution in [0.2, 0.25) is 0 Å². The van der Waals surface area contributed by atoms with Gasteiger partial charge in [-0.05, 0) is 39.4 Å². The van der Waals surface area contributed by atoms with Gasteiger partial charge in [0.25, 0.3) is 0 Å². The van der Waals surface area contributed by atoms with Crippen LogP contribution >= 0.6 is 0 Å². The number of likely N-dealkylation sites (N-methyl/N-ethyl adjacent to an activating group) is 2. The molecule has 1 aromatic carbocycles. The highest BCUT2D eigenvalue weighted by Crippen LogP contribution is 2.17. The summed E-state index contributed by atoms with van der Waals surface area (Å²) in [5.41, 5.74) is 1.61. The minimum Gasteiger partial charge on any atom is -0.465 e. The van der Waals surface area contributed by atoms with Crippen LogP contribution in [0.15, 0.2) is 24.3 Å². The van der Waals surface area contributed by atoms with Crippen molar-refractivity contribution < 1.29 is 9.53 Å². The molecule has 0 aliphatic heterocycles. The second-order valence-corrected chi connectivity index (χ2v) is 5.27. The molecule has 0 fully saturated rings. The molecule has 1 atom stereocenters. The van der Waals surface area contributed by atoms with Crippen LogP contribution in [-0.4, -0.2) is 38.3 Å². The second kappa shape index (κ2) is 7.29. The van der Waals surface area contributed by atoms with Crippen LogP contribution in [0.4, 0.5) is 5.69 Å². The number of hydrogen-bond acceptors (Lipinski definition) is 4. The van der Waals surface area contributed by atoms with Gasteiger partial charge in [-0.1, -0.05) is 24.6 Å². The van der Waals surface area contributed by atoms with Crippen LogP contribution in [0.5, 0.6) is 0 Å². The second-order valence-electron chi connectivity index (χ2n) is 5.27. The average molecular weight is 278 g/mol. The van der Waals surface area contributed by atoms with E-state index in [1.165, 1.54) is 5.56 Å². The Kier molecular flexibility index (Phi) is 6.02. The van der Waals surface area contributed by atoms with E-state index in [9.17, 15) is 4.79 Å². The van der Waals surface area contributed by atoms with Gasteiger partial charge in [-0.25, -0.2) is 4.79 Å². The first-order valence-corrected chi connectivity index (χ1v) is 7.13. The fourth-order valence-electron chi connectivity index (χ4n) is 2.24. The van der Waals surface area contributed by atoms with Gasteiger partial charge >= 0.3 is 5.97 Å². The van der Waals surface area contributed by atoms with Crippen molar-refractivity contribution in [2.75, 3.05) is 31.6 Å².